The molecule has 0 spiro atoms. The van der Waals surface area contributed by atoms with Crippen LogP contribution in [0.15, 0.2) is 48.8 Å². The van der Waals surface area contributed by atoms with Gasteiger partial charge in [0.15, 0.2) is 0 Å². The van der Waals surface area contributed by atoms with E-state index in [0.29, 0.717) is 6.54 Å². The van der Waals surface area contributed by atoms with Gasteiger partial charge in [0.2, 0.25) is 0 Å². The Morgan fingerprint density at radius 3 is 2.79 bits per heavy atom. The Hall–Kier alpha value is -2.41. The fraction of sp³-hybridized carbons (Fsp3) is 0.409. The van der Waals surface area contributed by atoms with E-state index in [0.717, 1.165) is 60.5 Å². The van der Waals surface area contributed by atoms with E-state index in [-0.39, 0.29) is 6.61 Å². The van der Waals surface area contributed by atoms with Gasteiger partial charge in [-0.2, -0.15) is 5.10 Å². The van der Waals surface area contributed by atoms with Gasteiger partial charge in [-0.15, -0.1) is 0 Å². The number of aliphatic hydroxyl groups excluding tert-OH is 1. The molecule has 1 unspecified atom stereocenters. The van der Waals surface area contributed by atoms with Crippen molar-refractivity contribution in [2.45, 2.75) is 19.6 Å². The Balaban J connectivity index is 1.56. The van der Waals surface area contributed by atoms with Gasteiger partial charge in [-0.1, -0.05) is 30.3 Å². The molecule has 1 fully saturated rings. The first-order valence-electron chi connectivity index (χ1n) is 9.90. The van der Waals surface area contributed by atoms with Gasteiger partial charge < -0.3 is 14.6 Å². The van der Waals surface area contributed by atoms with Crippen LogP contribution < -0.4 is 4.74 Å². The third-order valence-electron chi connectivity index (χ3n) is 5.14. The third kappa shape index (κ3) is 4.19. The van der Waals surface area contributed by atoms with Gasteiger partial charge in [0.05, 0.1) is 19.4 Å². The Morgan fingerprint density at radius 2 is 2.00 bits per heavy atom. The molecule has 1 aliphatic heterocycles. The number of aliphatic hydroxyl groups is 1. The van der Waals surface area contributed by atoms with Crippen molar-refractivity contribution < 1.29 is 14.6 Å². The van der Waals surface area contributed by atoms with Crippen molar-refractivity contribution in [3.63, 3.8) is 0 Å². The summed E-state index contributed by atoms with van der Waals surface area (Å²) in [6.07, 6.45) is 3.37. The average Bonchev–Trinajstić information content (AvgIpc) is 3.21. The molecule has 1 N–H and O–H groups in total. The zero-order valence-electron chi connectivity index (χ0n) is 16.3. The van der Waals surface area contributed by atoms with E-state index in [1.807, 2.05) is 35.3 Å². The highest BCUT2D eigenvalue weighted by molar-refractivity contribution is 5.99. The van der Waals surface area contributed by atoms with Gasteiger partial charge in [0.1, 0.15) is 18.5 Å². The second kappa shape index (κ2) is 8.73. The van der Waals surface area contributed by atoms with Gasteiger partial charge in [-0.25, -0.2) is 0 Å². The van der Waals surface area contributed by atoms with Crippen LogP contribution in [0.2, 0.25) is 0 Å². The molecule has 0 radical (unpaired) electrons. The van der Waals surface area contributed by atoms with Crippen molar-refractivity contribution in [1.29, 1.82) is 0 Å². The van der Waals surface area contributed by atoms with Crippen LogP contribution in [-0.2, 0) is 11.3 Å². The fourth-order valence-electron chi connectivity index (χ4n) is 3.66. The number of hydrogen-bond donors (Lipinski definition) is 1. The summed E-state index contributed by atoms with van der Waals surface area (Å²) in [5, 5.41) is 17.2. The van der Waals surface area contributed by atoms with Gasteiger partial charge >= 0.3 is 0 Å². The number of benzene rings is 2. The summed E-state index contributed by atoms with van der Waals surface area (Å²) < 4.78 is 13.4. The monoisotopic (exact) mass is 381 g/mol. The fourth-order valence-corrected chi connectivity index (χ4v) is 3.66. The van der Waals surface area contributed by atoms with Gasteiger partial charge in [-0.3, -0.25) is 9.58 Å². The molecule has 1 saturated heterocycles. The molecule has 148 valence electrons. The number of ether oxygens (including phenoxy) is 2. The number of fused-ring (bicyclic) bond motifs is 1. The maximum Gasteiger partial charge on any atom is 0.128 e. The minimum atomic E-state index is -0.546. The van der Waals surface area contributed by atoms with Crippen LogP contribution >= 0.6 is 0 Å². The summed E-state index contributed by atoms with van der Waals surface area (Å²) in [6, 6.07) is 12.3. The first kappa shape index (κ1) is 18.9. The predicted molar refractivity (Wildman–Crippen MR) is 110 cm³/mol. The first-order valence-corrected chi connectivity index (χ1v) is 9.90. The molecule has 6 nitrogen and oxygen atoms in total. The average molecular weight is 381 g/mol. The minimum Gasteiger partial charge on any atom is -0.490 e. The number of aromatic nitrogens is 2. The van der Waals surface area contributed by atoms with E-state index < -0.39 is 6.10 Å². The summed E-state index contributed by atoms with van der Waals surface area (Å²) in [5.74, 6) is 0.774. The molecule has 1 aliphatic rings. The lowest BCUT2D eigenvalue weighted by atomic mass is 9.99. The van der Waals surface area contributed by atoms with Crippen LogP contribution in [0.1, 0.15) is 6.92 Å². The highest BCUT2D eigenvalue weighted by Gasteiger charge is 2.17. The summed E-state index contributed by atoms with van der Waals surface area (Å²) in [5.41, 5.74) is 2.05. The van der Waals surface area contributed by atoms with Crippen molar-refractivity contribution in [3.8, 4) is 16.9 Å². The number of rotatable bonds is 7. The maximum atomic E-state index is 10.5. The zero-order valence-corrected chi connectivity index (χ0v) is 16.3. The smallest absolute Gasteiger partial charge is 0.128 e. The van der Waals surface area contributed by atoms with Crippen LogP contribution in [0.5, 0.6) is 5.75 Å². The second-order valence-corrected chi connectivity index (χ2v) is 7.12. The van der Waals surface area contributed by atoms with E-state index in [2.05, 4.69) is 35.1 Å². The SMILES string of the molecule is CCn1cc(-c2c(OCC(O)CN3CCOCC3)ccc3ccccc23)cn1. The highest BCUT2D eigenvalue weighted by atomic mass is 16.5. The number of hydrogen-bond acceptors (Lipinski definition) is 5. The van der Waals surface area contributed by atoms with Crippen LogP contribution in [0.25, 0.3) is 21.9 Å². The number of morpholine rings is 1. The molecule has 0 amide bonds. The van der Waals surface area contributed by atoms with Crippen LogP contribution in [0.3, 0.4) is 0 Å². The van der Waals surface area contributed by atoms with E-state index in [4.69, 9.17) is 9.47 Å². The Morgan fingerprint density at radius 1 is 1.18 bits per heavy atom. The standard InChI is InChI=1S/C22H27N3O3/c1-2-25-14-18(13-23-25)22-20-6-4-3-5-17(20)7-8-21(22)28-16-19(26)15-24-9-11-27-12-10-24/h3-8,13-14,19,26H,2,9-12,15-16H2,1H3. The maximum absolute atomic E-state index is 10.5. The van der Waals surface area contributed by atoms with Crippen LogP contribution in [0, 0.1) is 0 Å². The van der Waals surface area contributed by atoms with Crippen LogP contribution in [0.4, 0.5) is 0 Å². The Kier molecular flexibility index (Phi) is 5.90. The predicted octanol–water partition coefficient (Wildman–Crippen LogP) is 2.80. The molecule has 3 aromatic rings. The lowest BCUT2D eigenvalue weighted by Crippen LogP contribution is -2.42. The quantitative estimate of drug-likeness (QED) is 0.682. The summed E-state index contributed by atoms with van der Waals surface area (Å²) in [6.45, 7) is 6.90. The molecule has 6 heteroatoms. The lowest BCUT2D eigenvalue weighted by molar-refractivity contribution is 0.00472. The topological polar surface area (TPSA) is 59.8 Å². The Labute approximate surface area is 165 Å². The molecule has 1 aromatic heterocycles. The van der Waals surface area contributed by atoms with E-state index in [1.165, 1.54) is 0 Å². The van der Waals surface area contributed by atoms with Gasteiger partial charge in [-0.05, 0) is 23.8 Å². The third-order valence-corrected chi connectivity index (χ3v) is 5.14. The summed E-state index contributed by atoms with van der Waals surface area (Å²) >= 11 is 0. The van der Waals surface area contributed by atoms with Crippen molar-refractivity contribution in [2.24, 2.45) is 0 Å². The molecule has 2 aromatic carbocycles. The molecule has 4 rings (SSSR count). The molecule has 2 heterocycles. The highest BCUT2D eigenvalue weighted by Crippen LogP contribution is 2.37. The minimum absolute atomic E-state index is 0.255. The van der Waals surface area contributed by atoms with Gasteiger partial charge in [0.25, 0.3) is 0 Å². The zero-order chi connectivity index (χ0) is 19.3. The molecule has 0 saturated carbocycles. The van der Waals surface area contributed by atoms with Crippen molar-refractivity contribution >= 4 is 10.8 Å². The molecule has 28 heavy (non-hydrogen) atoms. The Bertz CT molecular complexity index is 918. The number of β-amino-alcohol motifs (C(OH)–C–C–N with tert-alkyl or cyclic N) is 1. The van der Waals surface area contributed by atoms with Crippen molar-refractivity contribution in [3.05, 3.63) is 48.8 Å². The molecular formula is C22H27N3O3. The first-order chi connectivity index (χ1) is 13.7. The van der Waals surface area contributed by atoms with Crippen molar-refractivity contribution in [2.75, 3.05) is 39.5 Å². The van der Waals surface area contributed by atoms with Crippen LogP contribution in [-0.4, -0.2) is 65.3 Å². The number of nitrogens with zero attached hydrogens (tertiary/aromatic N) is 3. The van der Waals surface area contributed by atoms with Gasteiger partial charge in [0, 0.05) is 43.5 Å². The molecule has 0 bridgehead atoms. The molecular weight excluding hydrogens is 354 g/mol. The summed E-state index contributed by atoms with van der Waals surface area (Å²) in [7, 11) is 0. The normalized spacial score (nSPS) is 16.4. The molecule has 0 aliphatic carbocycles. The molecule has 1 atom stereocenters. The van der Waals surface area contributed by atoms with E-state index >= 15 is 0 Å². The largest absolute Gasteiger partial charge is 0.490 e. The lowest BCUT2D eigenvalue weighted by Gasteiger charge is -2.28. The number of aryl methyl sites for hydroxylation is 1. The van der Waals surface area contributed by atoms with Crippen molar-refractivity contribution in [1.82, 2.24) is 14.7 Å². The van der Waals surface area contributed by atoms with E-state index in [9.17, 15) is 5.11 Å². The summed E-state index contributed by atoms with van der Waals surface area (Å²) in [4.78, 5) is 2.21. The van der Waals surface area contributed by atoms with E-state index in [1.54, 1.807) is 0 Å². The second-order valence-electron chi connectivity index (χ2n) is 7.12.